The van der Waals surface area contributed by atoms with Crippen molar-refractivity contribution in [1.82, 2.24) is 15.0 Å². The highest BCUT2D eigenvalue weighted by Crippen LogP contribution is 2.33. The normalized spacial score (nSPS) is 15.5. The average Bonchev–Trinajstić information content (AvgIpc) is 2.90. The lowest BCUT2D eigenvalue weighted by Gasteiger charge is -2.09. The highest BCUT2D eigenvalue weighted by Gasteiger charge is 2.20. The number of fused-ring (bicyclic) bond motifs is 5. The van der Waals surface area contributed by atoms with Crippen LogP contribution in [0.15, 0.2) is 16.8 Å². The van der Waals surface area contributed by atoms with Crippen LogP contribution in [0.3, 0.4) is 0 Å². The number of benzene rings is 1. The van der Waals surface area contributed by atoms with Crippen LogP contribution in [0.2, 0.25) is 0 Å². The summed E-state index contributed by atoms with van der Waals surface area (Å²) in [6.07, 6.45) is 4.49. The molecule has 0 radical (unpaired) electrons. The number of hydrogen-bond donors (Lipinski definition) is 1. The molecule has 0 spiro atoms. The van der Waals surface area contributed by atoms with Crippen molar-refractivity contribution in [1.29, 1.82) is 0 Å². The van der Waals surface area contributed by atoms with Gasteiger partial charge in [-0.2, -0.15) is 0 Å². The molecule has 2 aromatic heterocycles. The first-order valence-electron chi connectivity index (χ1n) is 5.83. The minimum atomic E-state index is 0.596. The van der Waals surface area contributed by atoms with E-state index in [2.05, 4.69) is 10.1 Å². The van der Waals surface area contributed by atoms with Gasteiger partial charge < -0.3 is 5.21 Å². The van der Waals surface area contributed by atoms with Crippen LogP contribution in [0, 0.1) is 0 Å². The fraction of sp³-hybridized carbons (Fsp3) is 0.333. The van der Waals surface area contributed by atoms with Crippen molar-refractivity contribution >= 4 is 21.9 Å². The van der Waals surface area contributed by atoms with E-state index in [1.807, 2.05) is 6.07 Å². The summed E-state index contributed by atoms with van der Waals surface area (Å²) in [7, 11) is 0. The van der Waals surface area contributed by atoms with Crippen LogP contribution in [-0.2, 0) is 12.8 Å². The van der Waals surface area contributed by atoms with E-state index in [0.29, 0.717) is 15.9 Å². The average molecular weight is 229 g/mol. The van der Waals surface area contributed by atoms with E-state index < -0.39 is 0 Å². The third kappa shape index (κ3) is 1.08. The Morgan fingerprint density at radius 2 is 2.12 bits per heavy atom. The van der Waals surface area contributed by atoms with Crippen LogP contribution in [0.1, 0.15) is 24.1 Å². The molecule has 1 aliphatic rings. The number of aromatic nitrogens is 3. The standard InChI is InChI=1S/C12H11N3O2/c16-15-10-6-5-9-11(12(10)14-17-15)7-3-1-2-4-8(7)13-9/h5-6,16H,1-4H2. The maximum atomic E-state index is 9.48. The number of rotatable bonds is 0. The molecule has 1 aliphatic carbocycles. The van der Waals surface area contributed by atoms with Crippen LogP contribution < -0.4 is 0 Å². The largest absolute Gasteiger partial charge is 0.399 e. The Morgan fingerprint density at radius 1 is 1.24 bits per heavy atom. The zero-order chi connectivity index (χ0) is 11.4. The molecule has 0 aliphatic heterocycles. The monoisotopic (exact) mass is 229 g/mol. The van der Waals surface area contributed by atoms with E-state index >= 15 is 0 Å². The van der Waals surface area contributed by atoms with E-state index in [9.17, 15) is 5.21 Å². The van der Waals surface area contributed by atoms with Crippen LogP contribution in [0.25, 0.3) is 21.9 Å². The van der Waals surface area contributed by atoms with Crippen LogP contribution >= 0.6 is 0 Å². The molecule has 5 nitrogen and oxygen atoms in total. The van der Waals surface area contributed by atoms with Crippen molar-refractivity contribution in [2.45, 2.75) is 25.7 Å². The number of nitrogens with zero attached hydrogens (tertiary/aromatic N) is 3. The van der Waals surface area contributed by atoms with E-state index in [4.69, 9.17) is 4.63 Å². The van der Waals surface area contributed by atoms with Gasteiger partial charge in [0.15, 0.2) is 0 Å². The summed E-state index contributed by atoms with van der Waals surface area (Å²) in [5.74, 6) is 0. The predicted octanol–water partition coefficient (Wildman–Crippen LogP) is 2.29. The van der Waals surface area contributed by atoms with Gasteiger partial charge in [0.25, 0.3) is 0 Å². The summed E-state index contributed by atoms with van der Waals surface area (Å²) in [5.41, 5.74) is 4.73. The molecule has 5 heteroatoms. The van der Waals surface area contributed by atoms with Gasteiger partial charge in [-0.1, -0.05) is 0 Å². The first-order chi connectivity index (χ1) is 8.34. The van der Waals surface area contributed by atoms with Gasteiger partial charge in [0, 0.05) is 11.1 Å². The predicted molar refractivity (Wildman–Crippen MR) is 61.1 cm³/mol. The van der Waals surface area contributed by atoms with Crippen LogP contribution in [0.5, 0.6) is 0 Å². The van der Waals surface area contributed by atoms with Crippen LogP contribution in [0.4, 0.5) is 0 Å². The molecule has 0 saturated carbocycles. The zero-order valence-electron chi connectivity index (χ0n) is 9.18. The Labute approximate surface area is 96.6 Å². The van der Waals surface area contributed by atoms with E-state index in [-0.39, 0.29) is 0 Å². The molecular weight excluding hydrogens is 218 g/mol. The smallest absolute Gasteiger partial charge is 0.150 e. The summed E-state index contributed by atoms with van der Waals surface area (Å²) in [5, 5.41) is 14.5. The van der Waals surface area contributed by atoms with Gasteiger partial charge >= 0.3 is 0 Å². The molecule has 0 bridgehead atoms. The maximum Gasteiger partial charge on any atom is 0.150 e. The van der Waals surface area contributed by atoms with Crippen molar-refractivity contribution in [3.05, 3.63) is 23.4 Å². The van der Waals surface area contributed by atoms with E-state index in [0.717, 1.165) is 23.7 Å². The summed E-state index contributed by atoms with van der Waals surface area (Å²) >= 11 is 0. The third-order valence-electron chi connectivity index (χ3n) is 3.55. The zero-order valence-corrected chi connectivity index (χ0v) is 9.18. The molecule has 0 fully saturated rings. The van der Waals surface area contributed by atoms with Crippen molar-refractivity contribution in [2.75, 3.05) is 0 Å². The topological polar surface area (TPSA) is 64.1 Å². The second-order valence-corrected chi connectivity index (χ2v) is 4.52. The summed E-state index contributed by atoms with van der Waals surface area (Å²) in [6.45, 7) is 0. The molecule has 0 amide bonds. The maximum absolute atomic E-state index is 9.48. The fourth-order valence-electron chi connectivity index (χ4n) is 2.76. The lowest BCUT2D eigenvalue weighted by atomic mass is 9.95. The molecule has 1 N–H and O–H groups in total. The lowest BCUT2D eigenvalue weighted by Crippen LogP contribution is -2.00. The Morgan fingerprint density at radius 3 is 3.06 bits per heavy atom. The SMILES string of the molecule is On1onc2c3c4c(nc3ccc21)CCCC4. The minimum absolute atomic E-state index is 0.596. The van der Waals surface area contributed by atoms with Crippen molar-refractivity contribution in [3.8, 4) is 0 Å². The molecule has 86 valence electrons. The Hall–Kier alpha value is -2.04. The molecule has 3 aromatic rings. The molecular formula is C12H11N3O2. The molecule has 1 aromatic carbocycles. The molecule has 2 heterocycles. The lowest BCUT2D eigenvalue weighted by molar-refractivity contribution is -0.00914. The fourth-order valence-corrected chi connectivity index (χ4v) is 2.76. The van der Waals surface area contributed by atoms with Gasteiger partial charge in [0.05, 0.1) is 5.52 Å². The second kappa shape index (κ2) is 3.00. The van der Waals surface area contributed by atoms with Gasteiger partial charge in [-0.3, -0.25) is 4.98 Å². The third-order valence-corrected chi connectivity index (χ3v) is 3.55. The summed E-state index contributed by atoms with van der Waals surface area (Å²) in [6, 6.07) is 3.70. The molecule has 0 atom stereocenters. The highest BCUT2D eigenvalue weighted by molar-refractivity contribution is 6.05. The highest BCUT2D eigenvalue weighted by atomic mass is 16.8. The molecule has 0 unspecified atom stereocenters. The quantitative estimate of drug-likeness (QED) is 0.601. The molecule has 4 rings (SSSR count). The van der Waals surface area contributed by atoms with Crippen molar-refractivity contribution in [3.63, 3.8) is 0 Å². The van der Waals surface area contributed by atoms with Crippen molar-refractivity contribution < 1.29 is 9.84 Å². The van der Waals surface area contributed by atoms with E-state index in [1.165, 1.54) is 24.1 Å². The van der Waals surface area contributed by atoms with E-state index in [1.54, 1.807) is 6.07 Å². The van der Waals surface area contributed by atoms with Gasteiger partial charge in [0.1, 0.15) is 11.0 Å². The first kappa shape index (κ1) is 9.04. The number of aryl methyl sites for hydroxylation is 2. The summed E-state index contributed by atoms with van der Waals surface area (Å²) in [4.78, 5) is 5.35. The molecule has 0 saturated heterocycles. The van der Waals surface area contributed by atoms with Gasteiger partial charge in [-0.25, -0.2) is 4.63 Å². The number of hydrogen-bond acceptors (Lipinski definition) is 4. The van der Waals surface area contributed by atoms with Gasteiger partial charge in [0.2, 0.25) is 0 Å². The molecule has 17 heavy (non-hydrogen) atoms. The Bertz CT molecular complexity index is 726. The van der Waals surface area contributed by atoms with Gasteiger partial charge in [-0.15, -0.1) is 0 Å². The minimum Gasteiger partial charge on any atom is -0.399 e. The second-order valence-electron chi connectivity index (χ2n) is 4.52. The van der Waals surface area contributed by atoms with Gasteiger partial charge in [-0.05, 0) is 53.4 Å². The summed E-state index contributed by atoms with van der Waals surface area (Å²) < 4.78 is 4.78. The first-order valence-corrected chi connectivity index (χ1v) is 5.83. The van der Waals surface area contributed by atoms with Crippen LogP contribution in [-0.4, -0.2) is 20.3 Å². The van der Waals surface area contributed by atoms with Crippen molar-refractivity contribution in [2.24, 2.45) is 0 Å². The Kier molecular flexibility index (Phi) is 1.59. The Balaban J connectivity index is 2.20.